The summed E-state index contributed by atoms with van der Waals surface area (Å²) in [5.74, 6) is 0.101. The fourth-order valence-corrected chi connectivity index (χ4v) is 3.17. The molecule has 3 amide bonds. The van der Waals surface area contributed by atoms with Gasteiger partial charge >= 0.3 is 12.0 Å². The third-order valence-corrected chi connectivity index (χ3v) is 4.90. The molecule has 0 aliphatic heterocycles. The summed E-state index contributed by atoms with van der Waals surface area (Å²) >= 11 is 0. The van der Waals surface area contributed by atoms with E-state index in [0.717, 1.165) is 11.1 Å². The molecule has 1 atom stereocenters. The Morgan fingerprint density at radius 1 is 0.912 bits per heavy atom. The van der Waals surface area contributed by atoms with E-state index in [1.54, 1.807) is 24.3 Å². The number of primary amides is 1. The van der Waals surface area contributed by atoms with Crippen LogP contribution in [0.4, 0.5) is 4.79 Å². The Bertz CT molecular complexity index is 1120. The van der Waals surface area contributed by atoms with Crippen LogP contribution in [0.1, 0.15) is 29.2 Å². The molecule has 3 rings (SSSR count). The summed E-state index contributed by atoms with van der Waals surface area (Å²) in [5.41, 5.74) is 7.97. The summed E-state index contributed by atoms with van der Waals surface area (Å²) in [7, 11) is 0. The molecule has 0 saturated heterocycles. The van der Waals surface area contributed by atoms with Crippen molar-refractivity contribution in [2.75, 3.05) is 6.61 Å². The molecule has 0 unspecified atom stereocenters. The third kappa shape index (κ3) is 7.98. The lowest BCUT2D eigenvalue weighted by atomic mass is 10.0. The topological polar surface area (TPSA) is 120 Å². The zero-order valence-corrected chi connectivity index (χ0v) is 18.8. The highest BCUT2D eigenvalue weighted by molar-refractivity contribution is 5.81. The first-order valence-corrected chi connectivity index (χ1v) is 10.8. The Morgan fingerprint density at radius 3 is 2.32 bits per heavy atom. The molecule has 8 heteroatoms. The largest absolute Gasteiger partial charge is 0.457 e. The highest BCUT2D eigenvalue weighted by Gasteiger charge is 2.20. The standard InChI is InChI=1S/C26H27N3O5/c1-18-10-12-19(13-11-18)16-28-24(30)17-33-25(31)15-23(29-26(27)32)20-6-5-9-22(14-20)34-21-7-3-2-4-8-21/h2-14,23H,15-17H2,1H3,(H,28,30)(H3,27,29,32)/t23-/m1/s1. The average molecular weight is 462 g/mol. The Balaban J connectivity index is 1.55. The zero-order chi connectivity index (χ0) is 24.3. The van der Waals surface area contributed by atoms with Gasteiger partial charge < -0.3 is 25.8 Å². The van der Waals surface area contributed by atoms with E-state index >= 15 is 0 Å². The molecule has 0 bridgehead atoms. The number of aryl methyl sites for hydroxylation is 1. The number of hydrogen-bond donors (Lipinski definition) is 3. The quantitative estimate of drug-likeness (QED) is 0.397. The number of urea groups is 1. The van der Waals surface area contributed by atoms with Crippen LogP contribution in [0.5, 0.6) is 11.5 Å². The highest BCUT2D eigenvalue weighted by Crippen LogP contribution is 2.26. The molecular formula is C26H27N3O5. The lowest BCUT2D eigenvalue weighted by molar-refractivity contribution is -0.149. The molecule has 3 aromatic carbocycles. The Kier molecular flexibility index (Phi) is 8.62. The van der Waals surface area contributed by atoms with Gasteiger partial charge in [0.15, 0.2) is 6.61 Å². The van der Waals surface area contributed by atoms with Gasteiger partial charge in [0, 0.05) is 6.54 Å². The maximum Gasteiger partial charge on any atom is 0.312 e. The summed E-state index contributed by atoms with van der Waals surface area (Å²) in [6.07, 6.45) is -0.205. The lowest BCUT2D eigenvalue weighted by Gasteiger charge is -2.18. The number of amides is 3. The van der Waals surface area contributed by atoms with Crippen molar-refractivity contribution in [1.82, 2.24) is 10.6 Å². The molecule has 0 aliphatic rings. The Labute approximate surface area is 198 Å². The van der Waals surface area contributed by atoms with Crippen molar-refractivity contribution in [3.63, 3.8) is 0 Å². The van der Waals surface area contributed by atoms with E-state index in [9.17, 15) is 14.4 Å². The summed E-state index contributed by atoms with van der Waals surface area (Å²) in [6, 6.07) is 22.3. The van der Waals surface area contributed by atoms with Crippen LogP contribution in [0.15, 0.2) is 78.9 Å². The van der Waals surface area contributed by atoms with Crippen molar-refractivity contribution in [2.45, 2.75) is 25.9 Å². The Hall–Kier alpha value is -4.33. The molecule has 0 saturated carbocycles. The van der Waals surface area contributed by atoms with Crippen molar-refractivity contribution in [3.8, 4) is 11.5 Å². The van der Waals surface area contributed by atoms with Crippen molar-refractivity contribution in [3.05, 3.63) is 95.6 Å². The molecule has 0 fully saturated rings. The predicted molar refractivity (Wildman–Crippen MR) is 127 cm³/mol. The number of esters is 1. The van der Waals surface area contributed by atoms with Gasteiger partial charge in [-0.25, -0.2) is 4.79 Å². The molecule has 3 aromatic rings. The number of hydrogen-bond acceptors (Lipinski definition) is 5. The summed E-state index contributed by atoms with van der Waals surface area (Å²) in [4.78, 5) is 35.9. The van der Waals surface area contributed by atoms with Crippen LogP contribution in [-0.4, -0.2) is 24.5 Å². The average Bonchev–Trinajstić information content (AvgIpc) is 2.82. The molecule has 8 nitrogen and oxygen atoms in total. The van der Waals surface area contributed by atoms with Gasteiger partial charge in [-0.1, -0.05) is 60.2 Å². The molecule has 0 aromatic heterocycles. The van der Waals surface area contributed by atoms with Crippen LogP contribution in [0.3, 0.4) is 0 Å². The minimum absolute atomic E-state index is 0.205. The number of carbonyl (C=O) groups excluding carboxylic acids is 3. The van der Waals surface area contributed by atoms with E-state index in [4.69, 9.17) is 15.2 Å². The van der Waals surface area contributed by atoms with Gasteiger partial charge in [-0.2, -0.15) is 0 Å². The molecular weight excluding hydrogens is 434 g/mol. The van der Waals surface area contributed by atoms with Gasteiger partial charge in [0.05, 0.1) is 12.5 Å². The minimum atomic E-state index is -0.789. The van der Waals surface area contributed by atoms with E-state index in [1.165, 1.54) is 0 Å². The maximum absolute atomic E-state index is 12.4. The van der Waals surface area contributed by atoms with Gasteiger partial charge in [0.2, 0.25) is 0 Å². The second kappa shape index (κ2) is 12.1. The zero-order valence-electron chi connectivity index (χ0n) is 18.8. The number of carbonyl (C=O) groups is 3. The fraction of sp³-hybridized carbons (Fsp3) is 0.192. The summed E-state index contributed by atoms with van der Waals surface area (Å²) < 4.78 is 10.9. The molecule has 176 valence electrons. The predicted octanol–water partition coefficient (Wildman–Crippen LogP) is 3.75. The normalized spacial score (nSPS) is 11.2. The van der Waals surface area contributed by atoms with Crippen molar-refractivity contribution < 1.29 is 23.9 Å². The first-order valence-electron chi connectivity index (χ1n) is 10.8. The van der Waals surface area contributed by atoms with Crippen LogP contribution >= 0.6 is 0 Å². The fourth-order valence-electron chi connectivity index (χ4n) is 3.17. The van der Waals surface area contributed by atoms with E-state index < -0.39 is 30.6 Å². The second-order valence-electron chi connectivity index (χ2n) is 7.68. The number of benzene rings is 3. The first-order chi connectivity index (χ1) is 16.4. The monoisotopic (exact) mass is 461 g/mol. The smallest absolute Gasteiger partial charge is 0.312 e. The van der Waals surface area contributed by atoms with Crippen LogP contribution in [0.25, 0.3) is 0 Å². The number of nitrogens with one attached hydrogen (secondary N) is 2. The Morgan fingerprint density at radius 2 is 1.62 bits per heavy atom. The van der Waals surface area contributed by atoms with Crippen molar-refractivity contribution in [2.24, 2.45) is 5.73 Å². The molecule has 0 aliphatic carbocycles. The van der Waals surface area contributed by atoms with Gasteiger partial charge in [-0.05, 0) is 42.3 Å². The van der Waals surface area contributed by atoms with Crippen molar-refractivity contribution >= 4 is 17.9 Å². The molecule has 0 radical (unpaired) electrons. The highest BCUT2D eigenvalue weighted by atomic mass is 16.5. The van der Waals surface area contributed by atoms with E-state index in [0.29, 0.717) is 23.6 Å². The van der Waals surface area contributed by atoms with E-state index in [1.807, 2.05) is 61.5 Å². The molecule has 0 heterocycles. The van der Waals surface area contributed by atoms with Gasteiger partial charge in [0.25, 0.3) is 5.91 Å². The minimum Gasteiger partial charge on any atom is -0.457 e. The first kappa shape index (κ1) is 24.3. The third-order valence-electron chi connectivity index (χ3n) is 4.90. The van der Waals surface area contributed by atoms with E-state index in [2.05, 4.69) is 10.6 Å². The number of ether oxygens (including phenoxy) is 2. The SMILES string of the molecule is Cc1ccc(CNC(=O)COC(=O)C[C@@H](NC(N)=O)c2cccc(Oc3ccccc3)c2)cc1. The number of rotatable bonds is 10. The molecule has 34 heavy (non-hydrogen) atoms. The summed E-state index contributed by atoms with van der Waals surface area (Å²) in [5, 5.41) is 5.24. The van der Waals surface area contributed by atoms with Gasteiger partial charge in [0.1, 0.15) is 11.5 Å². The van der Waals surface area contributed by atoms with Crippen molar-refractivity contribution in [1.29, 1.82) is 0 Å². The number of para-hydroxylation sites is 1. The van der Waals surface area contributed by atoms with Gasteiger partial charge in [-0.3, -0.25) is 9.59 Å². The van der Waals surface area contributed by atoms with E-state index in [-0.39, 0.29) is 6.42 Å². The molecule has 0 spiro atoms. The summed E-state index contributed by atoms with van der Waals surface area (Å²) in [6.45, 7) is 1.89. The number of nitrogens with two attached hydrogens (primary N) is 1. The van der Waals surface area contributed by atoms with Gasteiger partial charge in [-0.15, -0.1) is 0 Å². The van der Waals surface area contributed by atoms with Crippen LogP contribution < -0.4 is 21.1 Å². The lowest BCUT2D eigenvalue weighted by Crippen LogP contribution is -2.35. The maximum atomic E-state index is 12.4. The van der Waals surface area contributed by atoms with Crippen LogP contribution in [0, 0.1) is 6.92 Å². The van der Waals surface area contributed by atoms with Crippen LogP contribution in [0.2, 0.25) is 0 Å². The second-order valence-corrected chi connectivity index (χ2v) is 7.68. The molecule has 4 N–H and O–H groups in total. The van der Waals surface area contributed by atoms with Crippen LogP contribution in [-0.2, 0) is 20.9 Å².